The number of nitrogens with one attached hydrogen (secondary N) is 1. The molecule has 0 saturated carbocycles. The molecule has 1 unspecified atom stereocenters. The van der Waals surface area contributed by atoms with E-state index in [0.29, 0.717) is 23.7 Å². The maximum absolute atomic E-state index is 12.7. The number of nitrogens with zero attached hydrogens (tertiary/aromatic N) is 5. The molecule has 1 aliphatic heterocycles. The monoisotopic (exact) mass is 378 g/mol. The molecule has 1 atom stereocenters. The van der Waals surface area contributed by atoms with Gasteiger partial charge in [0.2, 0.25) is 0 Å². The van der Waals surface area contributed by atoms with Crippen molar-refractivity contribution in [1.29, 1.82) is 0 Å². The number of carbonyl (C=O) groups excluding carboxylic acids is 1. The predicted molar refractivity (Wildman–Crippen MR) is 105 cm³/mol. The number of carbonyl (C=O) groups is 1. The number of amides is 1. The van der Waals surface area contributed by atoms with Gasteiger partial charge < -0.3 is 15.0 Å². The molecule has 1 amide bonds. The topological polar surface area (TPSA) is 85.2 Å². The van der Waals surface area contributed by atoms with Crippen molar-refractivity contribution in [3.8, 4) is 11.4 Å². The highest BCUT2D eigenvalue weighted by molar-refractivity contribution is 5.97. The first-order valence-corrected chi connectivity index (χ1v) is 9.25. The molecule has 1 fully saturated rings. The van der Waals surface area contributed by atoms with Crippen LogP contribution in [0.5, 0.6) is 5.75 Å². The van der Waals surface area contributed by atoms with Gasteiger partial charge in [0, 0.05) is 19.6 Å². The molecule has 1 N–H and O–H groups in total. The second-order valence-corrected chi connectivity index (χ2v) is 6.75. The Morgan fingerprint density at radius 1 is 1.18 bits per heavy atom. The maximum atomic E-state index is 12.7. The fourth-order valence-electron chi connectivity index (χ4n) is 3.58. The van der Waals surface area contributed by atoms with Gasteiger partial charge >= 0.3 is 0 Å². The Hall–Kier alpha value is -3.42. The number of benzene rings is 2. The molecule has 2 heterocycles. The Bertz CT molecular complexity index is 943. The highest BCUT2D eigenvalue weighted by Crippen LogP contribution is 2.31. The van der Waals surface area contributed by atoms with E-state index in [-0.39, 0.29) is 5.91 Å². The molecule has 144 valence electrons. The second-order valence-electron chi connectivity index (χ2n) is 6.75. The lowest BCUT2D eigenvalue weighted by Crippen LogP contribution is -2.31. The number of tetrazole rings is 1. The molecule has 8 nitrogen and oxygen atoms in total. The summed E-state index contributed by atoms with van der Waals surface area (Å²) in [5.41, 5.74) is 2.31. The molecule has 0 aliphatic carbocycles. The van der Waals surface area contributed by atoms with Gasteiger partial charge in [-0.15, -0.1) is 5.10 Å². The van der Waals surface area contributed by atoms with Crippen molar-refractivity contribution in [2.24, 2.45) is 5.92 Å². The van der Waals surface area contributed by atoms with E-state index in [1.54, 1.807) is 13.2 Å². The van der Waals surface area contributed by atoms with Crippen LogP contribution in [0.1, 0.15) is 16.8 Å². The molecule has 1 aromatic heterocycles. The Morgan fingerprint density at radius 2 is 1.96 bits per heavy atom. The minimum absolute atomic E-state index is 0.123. The van der Waals surface area contributed by atoms with E-state index in [2.05, 4.69) is 31.8 Å². The summed E-state index contributed by atoms with van der Waals surface area (Å²) >= 11 is 0. The lowest BCUT2D eigenvalue weighted by atomic mass is 10.1. The van der Waals surface area contributed by atoms with Crippen LogP contribution in [-0.2, 0) is 0 Å². The van der Waals surface area contributed by atoms with Gasteiger partial charge in [-0.2, -0.15) is 4.68 Å². The molecular formula is C20H22N6O2. The second kappa shape index (κ2) is 8.08. The van der Waals surface area contributed by atoms with E-state index in [1.165, 1.54) is 11.0 Å². The number of rotatable bonds is 6. The lowest BCUT2D eigenvalue weighted by molar-refractivity contribution is 0.0948. The van der Waals surface area contributed by atoms with Gasteiger partial charge in [0.15, 0.2) is 0 Å². The van der Waals surface area contributed by atoms with Crippen molar-refractivity contribution >= 4 is 11.6 Å². The van der Waals surface area contributed by atoms with E-state index in [4.69, 9.17) is 4.74 Å². The fraction of sp³-hybridized carbons (Fsp3) is 0.300. The summed E-state index contributed by atoms with van der Waals surface area (Å²) in [6.07, 6.45) is 2.50. The van der Waals surface area contributed by atoms with Crippen molar-refractivity contribution in [3.05, 3.63) is 60.4 Å². The lowest BCUT2D eigenvalue weighted by Gasteiger charge is -2.21. The summed E-state index contributed by atoms with van der Waals surface area (Å²) in [5, 5.41) is 14.2. The minimum Gasteiger partial charge on any atom is -0.495 e. The summed E-state index contributed by atoms with van der Waals surface area (Å²) in [6.45, 7) is 2.45. The molecule has 1 saturated heterocycles. The van der Waals surface area contributed by atoms with Crippen molar-refractivity contribution in [2.75, 3.05) is 31.6 Å². The van der Waals surface area contributed by atoms with Crippen LogP contribution in [0.15, 0.2) is 54.9 Å². The summed E-state index contributed by atoms with van der Waals surface area (Å²) in [7, 11) is 1.69. The first kappa shape index (κ1) is 18.0. The fourth-order valence-corrected chi connectivity index (χ4v) is 3.58. The predicted octanol–water partition coefficient (Wildman–Crippen LogP) is 1.93. The van der Waals surface area contributed by atoms with Gasteiger partial charge in [-0.25, -0.2) is 0 Å². The maximum Gasteiger partial charge on any atom is 0.253 e. The zero-order valence-electron chi connectivity index (χ0n) is 15.7. The molecule has 0 bridgehead atoms. The van der Waals surface area contributed by atoms with Gasteiger partial charge in [-0.1, -0.05) is 24.3 Å². The Morgan fingerprint density at radius 3 is 2.75 bits per heavy atom. The number of hydrogen-bond donors (Lipinski definition) is 1. The molecule has 28 heavy (non-hydrogen) atoms. The number of methoxy groups -OCH3 is 1. The molecule has 0 radical (unpaired) electrons. The Labute approximate surface area is 163 Å². The third-order valence-corrected chi connectivity index (χ3v) is 5.01. The quantitative estimate of drug-likeness (QED) is 0.705. The smallest absolute Gasteiger partial charge is 0.253 e. The van der Waals surface area contributed by atoms with Gasteiger partial charge in [-0.3, -0.25) is 4.79 Å². The summed E-state index contributed by atoms with van der Waals surface area (Å²) in [6, 6.07) is 15.3. The minimum atomic E-state index is -0.123. The average Bonchev–Trinajstić information content (AvgIpc) is 3.44. The van der Waals surface area contributed by atoms with Crippen molar-refractivity contribution < 1.29 is 9.53 Å². The summed E-state index contributed by atoms with van der Waals surface area (Å²) < 4.78 is 6.96. The van der Waals surface area contributed by atoms with Crippen LogP contribution < -0.4 is 15.0 Å². The average molecular weight is 378 g/mol. The molecule has 2 aromatic carbocycles. The number of hydrogen-bond acceptors (Lipinski definition) is 6. The molecule has 4 rings (SSSR count). The van der Waals surface area contributed by atoms with Crippen LogP contribution in [0.3, 0.4) is 0 Å². The van der Waals surface area contributed by atoms with Gasteiger partial charge in [0.25, 0.3) is 5.91 Å². The summed E-state index contributed by atoms with van der Waals surface area (Å²) in [5.74, 6) is 1.14. The van der Waals surface area contributed by atoms with Gasteiger partial charge in [0.1, 0.15) is 12.1 Å². The highest BCUT2D eigenvalue weighted by atomic mass is 16.5. The van der Waals surface area contributed by atoms with Crippen LogP contribution in [-0.4, -0.2) is 52.9 Å². The third-order valence-electron chi connectivity index (χ3n) is 5.01. The number of anilines is 1. The SMILES string of the molecule is COc1ccccc1N1CCC(CNC(=O)c2ccccc2-n2cnnn2)C1. The van der Waals surface area contributed by atoms with Gasteiger partial charge in [-0.05, 0) is 47.0 Å². The largest absolute Gasteiger partial charge is 0.495 e. The van der Waals surface area contributed by atoms with E-state index in [0.717, 1.165) is 30.9 Å². The van der Waals surface area contributed by atoms with E-state index in [9.17, 15) is 4.79 Å². The van der Waals surface area contributed by atoms with Crippen LogP contribution in [0, 0.1) is 5.92 Å². The molecule has 8 heteroatoms. The van der Waals surface area contributed by atoms with Crippen molar-refractivity contribution in [2.45, 2.75) is 6.42 Å². The molecular weight excluding hydrogens is 356 g/mol. The Kier molecular flexibility index (Phi) is 5.18. The van der Waals surface area contributed by atoms with E-state index < -0.39 is 0 Å². The van der Waals surface area contributed by atoms with Crippen LogP contribution >= 0.6 is 0 Å². The highest BCUT2D eigenvalue weighted by Gasteiger charge is 2.25. The summed E-state index contributed by atoms with van der Waals surface area (Å²) in [4.78, 5) is 15.1. The first-order chi connectivity index (χ1) is 13.8. The number of ether oxygens (including phenoxy) is 1. The van der Waals surface area contributed by atoms with Crippen molar-refractivity contribution in [1.82, 2.24) is 25.5 Å². The zero-order valence-corrected chi connectivity index (χ0v) is 15.7. The van der Waals surface area contributed by atoms with Crippen LogP contribution in [0.25, 0.3) is 5.69 Å². The molecule has 3 aromatic rings. The normalized spacial score (nSPS) is 16.2. The number of para-hydroxylation sites is 3. The third kappa shape index (κ3) is 3.66. The van der Waals surface area contributed by atoms with Crippen LogP contribution in [0.4, 0.5) is 5.69 Å². The molecule has 0 spiro atoms. The van der Waals surface area contributed by atoms with Gasteiger partial charge in [0.05, 0.1) is 24.0 Å². The van der Waals surface area contributed by atoms with Crippen molar-refractivity contribution in [3.63, 3.8) is 0 Å². The number of aromatic nitrogens is 4. The zero-order chi connectivity index (χ0) is 19.3. The van der Waals surface area contributed by atoms with Crippen LogP contribution in [0.2, 0.25) is 0 Å². The standard InChI is InChI=1S/C20H22N6O2/c1-28-19-9-5-4-8-18(19)25-11-10-15(13-25)12-21-20(27)16-6-2-3-7-17(16)26-14-22-23-24-26/h2-9,14-15H,10-13H2,1H3,(H,21,27). The first-order valence-electron chi connectivity index (χ1n) is 9.25. The Balaban J connectivity index is 1.39. The molecule has 1 aliphatic rings. The van der Waals surface area contributed by atoms with E-state index in [1.807, 2.05) is 36.4 Å². The van der Waals surface area contributed by atoms with E-state index >= 15 is 0 Å².